The summed E-state index contributed by atoms with van der Waals surface area (Å²) in [6.45, 7) is 0. The van der Waals surface area contributed by atoms with Gasteiger partial charge in [-0.1, -0.05) is 12.2 Å². The summed E-state index contributed by atoms with van der Waals surface area (Å²) in [5.74, 6) is 0.523. The van der Waals surface area contributed by atoms with Crippen molar-refractivity contribution in [3.8, 4) is 0 Å². The first-order chi connectivity index (χ1) is 5.24. The maximum Gasteiger partial charge on any atom is 0.223 e. The molecule has 0 saturated carbocycles. The molecule has 1 aromatic rings. The zero-order valence-electron chi connectivity index (χ0n) is 6.03. The van der Waals surface area contributed by atoms with Gasteiger partial charge in [-0.15, -0.1) is 0 Å². The van der Waals surface area contributed by atoms with Crippen molar-refractivity contribution in [2.24, 2.45) is 5.73 Å². The molecule has 0 fully saturated rings. The summed E-state index contributed by atoms with van der Waals surface area (Å²) in [6.07, 6.45) is 1.60. The van der Waals surface area contributed by atoms with E-state index in [2.05, 4.69) is 15.3 Å². The highest BCUT2D eigenvalue weighted by atomic mass is 32.1. The lowest BCUT2D eigenvalue weighted by atomic mass is 10.4. The van der Waals surface area contributed by atoms with E-state index in [4.69, 9.17) is 18.0 Å². The molecule has 0 bridgehead atoms. The lowest BCUT2D eigenvalue weighted by molar-refractivity contribution is 1.14. The number of nitrogens with two attached hydrogens (primary N) is 1. The molecule has 3 N–H and O–H groups in total. The first-order valence-electron chi connectivity index (χ1n) is 3.04. The van der Waals surface area contributed by atoms with Crippen molar-refractivity contribution in [1.82, 2.24) is 9.97 Å². The fourth-order valence-electron chi connectivity index (χ4n) is 0.616. The fourth-order valence-corrected chi connectivity index (χ4v) is 0.730. The number of hydrogen-bond donors (Lipinski definition) is 2. The van der Waals surface area contributed by atoms with Gasteiger partial charge in [0, 0.05) is 13.2 Å². The molecule has 0 saturated heterocycles. The standard InChI is InChI=1S/C6H8N4S/c1-8-6-9-3-2-4(10-6)5(7)11/h2-3H,1H3,(H2,7,11)(H,8,9,10). The maximum absolute atomic E-state index is 5.35. The molecular formula is C6H8N4S. The molecule has 1 rings (SSSR count). The smallest absolute Gasteiger partial charge is 0.223 e. The predicted molar refractivity (Wildman–Crippen MR) is 47.5 cm³/mol. The summed E-state index contributed by atoms with van der Waals surface area (Å²) < 4.78 is 0. The largest absolute Gasteiger partial charge is 0.388 e. The third-order valence-electron chi connectivity index (χ3n) is 1.13. The number of nitrogens with one attached hydrogen (secondary N) is 1. The van der Waals surface area contributed by atoms with E-state index >= 15 is 0 Å². The topological polar surface area (TPSA) is 63.8 Å². The highest BCUT2D eigenvalue weighted by molar-refractivity contribution is 7.80. The Morgan fingerprint density at radius 3 is 3.00 bits per heavy atom. The lowest BCUT2D eigenvalue weighted by Gasteiger charge is -1.99. The van der Waals surface area contributed by atoms with Crippen LogP contribution in [0.3, 0.4) is 0 Å². The Hall–Kier alpha value is -1.23. The van der Waals surface area contributed by atoms with Crippen LogP contribution in [0, 0.1) is 0 Å². The van der Waals surface area contributed by atoms with E-state index in [1.165, 1.54) is 0 Å². The number of nitrogens with zero attached hydrogens (tertiary/aromatic N) is 2. The lowest BCUT2D eigenvalue weighted by Crippen LogP contribution is -2.12. The molecule has 0 amide bonds. The summed E-state index contributed by atoms with van der Waals surface area (Å²) in [7, 11) is 1.73. The first kappa shape index (κ1) is 7.87. The molecule has 0 aliphatic rings. The third-order valence-corrected chi connectivity index (χ3v) is 1.34. The van der Waals surface area contributed by atoms with Gasteiger partial charge in [0.1, 0.15) is 10.7 Å². The van der Waals surface area contributed by atoms with E-state index in [9.17, 15) is 0 Å². The Labute approximate surface area is 69.8 Å². The molecule has 1 heterocycles. The van der Waals surface area contributed by atoms with Crippen LogP contribution in [0.15, 0.2) is 12.3 Å². The summed E-state index contributed by atoms with van der Waals surface area (Å²) in [4.78, 5) is 8.19. The van der Waals surface area contributed by atoms with Crippen molar-refractivity contribution < 1.29 is 0 Å². The van der Waals surface area contributed by atoms with Gasteiger partial charge in [-0.05, 0) is 6.07 Å². The van der Waals surface area contributed by atoms with Crippen LogP contribution in [0.5, 0.6) is 0 Å². The third kappa shape index (κ3) is 1.84. The molecule has 0 aromatic carbocycles. The van der Waals surface area contributed by atoms with E-state index in [1.807, 2.05) is 0 Å². The van der Waals surface area contributed by atoms with Crippen LogP contribution in [0.4, 0.5) is 5.95 Å². The van der Waals surface area contributed by atoms with E-state index in [1.54, 1.807) is 19.3 Å². The highest BCUT2D eigenvalue weighted by Crippen LogP contribution is 1.98. The second-order valence-electron chi connectivity index (χ2n) is 1.88. The van der Waals surface area contributed by atoms with Crippen LogP contribution in [0.2, 0.25) is 0 Å². The molecule has 0 spiro atoms. The number of hydrogen-bond acceptors (Lipinski definition) is 4. The van der Waals surface area contributed by atoms with Gasteiger partial charge < -0.3 is 11.1 Å². The first-order valence-corrected chi connectivity index (χ1v) is 3.45. The van der Waals surface area contributed by atoms with Crippen LogP contribution in [0.1, 0.15) is 5.69 Å². The maximum atomic E-state index is 5.35. The van der Waals surface area contributed by atoms with Crippen molar-refractivity contribution in [3.05, 3.63) is 18.0 Å². The molecule has 1 aromatic heterocycles. The predicted octanol–water partition coefficient (Wildman–Crippen LogP) is 0.153. The van der Waals surface area contributed by atoms with Crippen LogP contribution >= 0.6 is 12.2 Å². The van der Waals surface area contributed by atoms with Gasteiger partial charge in [-0.25, -0.2) is 9.97 Å². The van der Waals surface area contributed by atoms with Gasteiger partial charge in [-0.3, -0.25) is 0 Å². The molecule has 4 nitrogen and oxygen atoms in total. The highest BCUT2D eigenvalue weighted by Gasteiger charge is 1.98. The van der Waals surface area contributed by atoms with Gasteiger partial charge in [0.15, 0.2) is 0 Å². The van der Waals surface area contributed by atoms with Crippen LogP contribution in [0.25, 0.3) is 0 Å². The van der Waals surface area contributed by atoms with Crippen molar-refractivity contribution >= 4 is 23.2 Å². The van der Waals surface area contributed by atoms with Gasteiger partial charge in [0.2, 0.25) is 5.95 Å². The van der Waals surface area contributed by atoms with Gasteiger partial charge in [-0.2, -0.15) is 0 Å². The molecule has 0 radical (unpaired) electrons. The van der Waals surface area contributed by atoms with Crippen LogP contribution < -0.4 is 11.1 Å². The number of anilines is 1. The van der Waals surface area contributed by atoms with Gasteiger partial charge >= 0.3 is 0 Å². The SMILES string of the molecule is CNc1nccc(C(N)=S)n1. The van der Waals surface area contributed by atoms with E-state index in [0.29, 0.717) is 11.6 Å². The molecule has 0 aliphatic heterocycles. The van der Waals surface area contributed by atoms with Crippen molar-refractivity contribution in [3.63, 3.8) is 0 Å². The molecular weight excluding hydrogens is 160 g/mol. The molecule has 5 heteroatoms. The summed E-state index contributed by atoms with van der Waals surface area (Å²) in [5.41, 5.74) is 5.93. The molecule has 0 unspecified atom stereocenters. The number of thiocarbonyl (C=S) groups is 1. The summed E-state index contributed by atoms with van der Waals surface area (Å²) in [6, 6.07) is 1.67. The Morgan fingerprint density at radius 1 is 1.73 bits per heavy atom. The number of aromatic nitrogens is 2. The van der Waals surface area contributed by atoms with Crippen LogP contribution in [-0.2, 0) is 0 Å². The fraction of sp³-hybridized carbons (Fsp3) is 0.167. The second kappa shape index (κ2) is 3.25. The van der Waals surface area contributed by atoms with E-state index in [-0.39, 0.29) is 4.99 Å². The average molecular weight is 168 g/mol. The zero-order chi connectivity index (χ0) is 8.27. The van der Waals surface area contributed by atoms with E-state index < -0.39 is 0 Å². The molecule has 58 valence electrons. The molecule has 0 atom stereocenters. The summed E-state index contributed by atoms with van der Waals surface area (Å²) in [5, 5.41) is 2.78. The zero-order valence-corrected chi connectivity index (χ0v) is 6.85. The van der Waals surface area contributed by atoms with Crippen molar-refractivity contribution in [2.75, 3.05) is 12.4 Å². The van der Waals surface area contributed by atoms with Crippen molar-refractivity contribution in [1.29, 1.82) is 0 Å². The number of rotatable bonds is 2. The normalized spacial score (nSPS) is 9.18. The minimum Gasteiger partial charge on any atom is -0.388 e. The molecule has 0 aliphatic carbocycles. The van der Waals surface area contributed by atoms with Gasteiger partial charge in [0.05, 0.1) is 0 Å². The quantitative estimate of drug-likeness (QED) is 0.615. The van der Waals surface area contributed by atoms with Crippen molar-refractivity contribution in [2.45, 2.75) is 0 Å². The Kier molecular flexibility index (Phi) is 2.32. The van der Waals surface area contributed by atoms with E-state index in [0.717, 1.165) is 0 Å². The minimum atomic E-state index is 0.281. The summed E-state index contributed by atoms with van der Waals surface area (Å²) >= 11 is 4.73. The Morgan fingerprint density at radius 2 is 2.45 bits per heavy atom. The second-order valence-corrected chi connectivity index (χ2v) is 2.32. The van der Waals surface area contributed by atoms with Gasteiger partial charge in [0.25, 0.3) is 0 Å². The Balaban J connectivity index is 3.01. The minimum absolute atomic E-state index is 0.281. The molecule has 11 heavy (non-hydrogen) atoms. The Bertz CT molecular complexity index is 273. The average Bonchev–Trinajstić information content (AvgIpc) is 2.05. The monoisotopic (exact) mass is 168 g/mol. The van der Waals surface area contributed by atoms with Crippen LogP contribution in [-0.4, -0.2) is 22.0 Å².